The zero-order valence-corrected chi connectivity index (χ0v) is 16.6. The summed E-state index contributed by atoms with van der Waals surface area (Å²) in [5.41, 5.74) is 1.80. The van der Waals surface area contributed by atoms with Crippen LogP contribution in [0.15, 0.2) is 42.5 Å². The minimum Gasteiger partial charge on any atom is -0.347 e. The Morgan fingerprint density at radius 2 is 1.75 bits per heavy atom. The van der Waals surface area contributed by atoms with E-state index in [1.807, 2.05) is 19.9 Å². The zero-order valence-electron chi connectivity index (χ0n) is 15.8. The molecule has 0 saturated heterocycles. The maximum Gasteiger partial charge on any atom is 0.251 e. The van der Waals surface area contributed by atoms with E-state index < -0.39 is 0 Å². The first-order valence-corrected chi connectivity index (χ1v) is 9.75. The molecule has 2 aromatic carbocycles. The Kier molecular flexibility index (Phi) is 4.46. The first-order valence-electron chi connectivity index (χ1n) is 9.37. The standard InChI is InChI=1S/C22H22ClFN2O2/c1-13-3-4-15(9-18(13)23)20(28)26-22-10-21(11-22,12-22)14(2)19(27)25-17-7-5-16(24)6-8-17/h3-9,14H,10-12H2,1-2H3,(H,25,27)(H,26,28)/t14-,21?,22?/m0/s1. The molecule has 3 fully saturated rings. The van der Waals surface area contributed by atoms with Crippen LogP contribution in [-0.4, -0.2) is 17.4 Å². The highest BCUT2D eigenvalue weighted by Gasteiger charge is 2.71. The van der Waals surface area contributed by atoms with Gasteiger partial charge in [-0.05, 0) is 73.6 Å². The van der Waals surface area contributed by atoms with Gasteiger partial charge in [0.25, 0.3) is 5.91 Å². The third kappa shape index (κ3) is 3.18. The van der Waals surface area contributed by atoms with Crippen LogP contribution in [0.3, 0.4) is 0 Å². The van der Waals surface area contributed by atoms with Crippen molar-refractivity contribution in [2.45, 2.75) is 38.6 Å². The van der Waals surface area contributed by atoms with Gasteiger partial charge in [0.05, 0.1) is 0 Å². The molecule has 0 aliphatic heterocycles. The molecule has 3 aliphatic carbocycles. The van der Waals surface area contributed by atoms with Crippen LogP contribution in [0.25, 0.3) is 0 Å². The van der Waals surface area contributed by atoms with Gasteiger partial charge in [-0.1, -0.05) is 24.6 Å². The number of nitrogens with one attached hydrogen (secondary N) is 2. The average molecular weight is 401 g/mol. The predicted molar refractivity (Wildman–Crippen MR) is 107 cm³/mol. The molecule has 0 unspecified atom stereocenters. The van der Waals surface area contributed by atoms with E-state index in [1.165, 1.54) is 12.1 Å². The summed E-state index contributed by atoms with van der Waals surface area (Å²) < 4.78 is 13.0. The highest BCUT2D eigenvalue weighted by molar-refractivity contribution is 6.31. The van der Waals surface area contributed by atoms with E-state index in [0.717, 1.165) is 24.8 Å². The second-order valence-electron chi connectivity index (χ2n) is 8.31. The molecule has 0 aromatic heterocycles. The summed E-state index contributed by atoms with van der Waals surface area (Å²) in [6.07, 6.45) is 2.38. The Hall–Kier alpha value is -2.40. The van der Waals surface area contributed by atoms with Gasteiger partial charge in [-0.25, -0.2) is 4.39 Å². The molecule has 4 nitrogen and oxygen atoms in total. The Morgan fingerprint density at radius 1 is 1.11 bits per heavy atom. The summed E-state index contributed by atoms with van der Waals surface area (Å²) in [4.78, 5) is 25.1. The molecule has 3 aliphatic rings. The Labute approximate surface area is 168 Å². The molecule has 2 amide bonds. The molecule has 5 rings (SSSR count). The normalized spacial score (nSPS) is 25.9. The SMILES string of the molecule is Cc1ccc(C(=O)NC23CC([C@@H](C)C(=O)Nc4ccc(F)cc4)(C2)C3)cc1Cl. The fourth-order valence-electron chi connectivity index (χ4n) is 4.57. The highest BCUT2D eigenvalue weighted by atomic mass is 35.5. The average Bonchev–Trinajstić information content (AvgIpc) is 2.60. The lowest BCUT2D eigenvalue weighted by Crippen LogP contribution is -2.77. The maximum atomic E-state index is 13.0. The number of hydrogen-bond acceptors (Lipinski definition) is 2. The quantitative estimate of drug-likeness (QED) is 0.763. The monoisotopic (exact) mass is 400 g/mol. The number of carbonyl (C=O) groups is 2. The lowest BCUT2D eigenvalue weighted by molar-refractivity contribution is -0.184. The maximum absolute atomic E-state index is 13.0. The van der Waals surface area contributed by atoms with Crippen LogP contribution in [0, 0.1) is 24.1 Å². The van der Waals surface area contributed by atoms with Crippen LogP contribution >= 0.6 is 11.6 Å². The van der Waals surface area contributed by atoms with Gasteiger partial charge >= 0.3 is 0 Å². The first kappa shape index (κ1) is 18.9. The number of aryl methyl sites for hydroxylation is 1. The fourth-order valence-corrected chi connectivity index (χ4v) is 4.75. The number of carbonyl (C=O) groups excluding carboxylic acids is 2. The van der Waals surface area contributed by atoms with Crippen LogP contribution in [0.4, 0.5) is 10.1 Å². The topological polar surface area (TPSA) is 58.2 Å². The van der Waals surface area contributed by atoms with Gasteiger partial charge in [-0.2, -0.15) is 0 Å². The Bertz CT molecular complexity index is 938. The van der Waals surface area contributed by atoms with Crippen molar-refractivity contribution in [3.8, 4) is 0 Å². The van der Waals surface area contributed by atoms with E-state index in [2.05, 4.69) is 10.6 Å². The van der Waals surface area contributed by atoms with Crippen molar-refractivity contribution in [1.29, 1.82) is 0 Å². The predicted octanol–water partition coefficient (Wildman–Crippen LogP) is 4.71. The van der Waals surface area contributed by atoms with E-state index in [1.54, 1.807) is 24.3 Å². The van der Waals surface area contributed by atoms with Crippen molar-refractivity contribution in [3.63, 3.8) is 0 Å². The summed E-state index contributed by atoms with van der Waals surface area (Å²) >= 11 is 6.12. The van der Waals surface area contributed by atoms with Crippen LogP contribution < -0.4 is 10.6 Å². The highest BCUT2D eigenvalue weighted by Crippen LogP contribution is 2.70. The van der Waals surface area contributed by atoms with Crippen molar-refractivity contribution >= 4 is 29.1 Å². The molecular formula is C22H22ClFN2O2. The fraction of sp³-hybridized carbons (Fsp3) is 0.364. The number of halogens is 2. The molecule has 2 bridgehead atoms. The van der Waals surface area contributed by atoms with E-state index in [4.69, 9.17) is 11.6 Å². The Balaban J connectivity index is 1.34. The van der Waals surface area contributed by atoms with Crippen LogP contribution in [-0.2, 0) is 4.79 Å². The second-order valence-corrected chi connectivity index (χ2v) is 8.72. The van der Waals surface area contributed by atoms with Crippen molar-refractivity contribution in [1.82, 2.24) is 5.32 Å². The number of rotatable bonds is 5. The summed E-state index contributed by atoms with van der Waals surface area (Å²) in [5.74, 6) is -0.710. The minimum absolute atomic E-state index is 0.0671. The zero-order chi connectivity index (χ0) is 20.1. The molecule has 0 spiro atoms. The molecule has 28 heavy (non-hydrogen) atoms. The van der Waals surface area contributed by atoms with Gasteiger partial charge in [-0.3, -0.25) is 9.59 Å². The van der Waals surface area contributed by atoms with Gasteiger partial charge < -0.3 is 10.6 Å². The van der Waals surface area contributed by atoms with Crippen molar-refractivity contribution in [3.05, 3.63) is 64.4 Å². The molecule has 0 heterocycles. The number of anilines is 1. The van der Waals surface area contributed by atoms with E-state index >= 15 is 0 Å². The minimum atomic E-state index is -0.335. The molecule has 0 radical (unpaired) electrons. The van der Waals surface area contributed by atoms with Gasteiger partial charge in [0, 0.05) is 27.7 Å². The van der Waals surface area contributed by atoms with Gasteiger partial charge in [0.15, 0.2) is 0 Å². The summed E-state index contributed by atoms with van der Waals surface area (Å²) in [5, 5.41) is 6.55. The molecule has 146 valence electrons. The molecule has 3 saturated carbocycles. The van der Waals surface area contributed by atoms with Crippen LogP contribution in [0.2, 0.25) is 5.02 Å². The molecular weight excluding hydrogens is 379 g/mol. The first-order chi connectivity index (χ1) is 13.2. The molecule has 2 N–H and O–H groups in total. The molecule has 2 aromatic rings. The van der Waals surface area contributed by atoms with E-state index in [9.17, 15) is 14.0 Å². The number of benzene rings is 2. The third-order valence-electron chi connectivity index (χ3n) is 6.31. The van der Waals surface area contributed by atoms with E-state index in [-0.39, 0.29) is 34.5 Å². The summed E-state index contributed by atoms with van der Waals surface area (Å²) in [6.45, 7) is 3.82. The van der Waals surface area contributed by atoms with E-state index in [0.29, 0.717) is 16.3 Å². The smallest absolute Gasteiger partial charge is 0.251 e. The molecule has 6 heteroatoms. The van der Waals surface area contributed by atoms with Crippen LogP contribution in [0.1, 0.15) is 42.1 Å². The summed E-state index contributed by atoms with van der Waals surface area (Å²) in [7, 11) is 0. The Morgan fingerprint density at radius 3 is 2.36 bits per heavy atom. The largest absolute Gasteiger partial charge is 0.347 e. The van der Waals surface area contributed by atoms with Crippen molar-refractivity contribution in [2.24, 2.45) is 11.3 Å². The lowest BCUT2D eigenvalue weighted by atomic mass is 9.36. The van der Waals surface area contributed by atoms with Crippen LogP contribution in [0.5, 0.6) is 0 Å². The number of hydrogen-bond donors (Lipinski definition) is 2. The van der Waals surface area contributed by atoms with Crippen molar-refractivity contribution < 1.29 is 14.0 Å². The summed E-state index contributed by atoms with van der Waals surface area (Å²) in [6, 6.07) is 11.0. The third-order valence-corrected chi connectivity index (χ3v) is 6.71. The van der Waals surface area contributed by atoms with Crippen molar-refractivity contribution in [2.75, 3.05) is 5.32 Å². The molecule has 1 atom stereocenters. The number of amides is 2. The lowest BCUT2D eigenvalue weighted by Gasteiger charge is -2.72. The van der Waals surface area contributed by atoms with Gasteiger partial charge in [-0.15, -0.1) is 0 Å². The van der Waals surface area contributed by atoms with Gasteiger partial charge in [0.2, 0.25) is 5.91 Å². The second kappa shape index (κ2) is 6.59. The van der Waals surface area contributed by atoms with Gasteiger partial charge in [0.1, 0.15) is 5.82 Å².